The van der Waals surface area contributed by atoms with Crippen LogP contribution in [0.2, 0.25) is 0 Å². The van der Waals surface area contributed by atoms with Gasteiger partial charge in [-0.1, -0.05) is 58.4 Å². The van der Waals surface area contributed by atoms with Gasteiger partial charge in [0.05, 0.1) is 20.8 Å². The van der Waals surface area contributed by atoms with Gasteiger partial charge in [-0.15, -0.1) is 0 Å². The maximum absolute atomic E-state index is 14.4. The zero-order chi connectivity index (χ0) is 32.4. The van der Waals surface area contributed by atoms with Crippen LogP contribution in [0.3, 0.4) is 0 Å². The molecule has 4 aromatic carbocycles. The minimum absolute atomic E-state index is 0.0656. The molecule has 0 bridgehead atoms. The number of hydrogen-bond donors (Lipinski definition) is 3. The SMILES string of the molecule is COc1ccc(OC)c(CCNNC(=O)[C@@]2(Cc3ccc(Br)cc3)N=C(c3ccc(OCCCO)cc3)O[C@H]2c2ccccc2)c1. The zero-order valence-electron chi connectivity index (χ0n) is 25.9. The average Bonchev–Trinajstić information content (AvgIpc) is 3.48. The first-order chi connectivity index (χ1) is 22.5. The number of aliphatic imine (C=N–C) groups is 1. The Labute approximate surface area is 277 Å². The number of hydrazine groups is 1. The molecular formula is C36H38BrN3O6. The standard InChI is InChI=1S/C36H38BrN3O6/c1-43-31-17-18-32(44-2)28(23-31)19-20-38-40-35(42)36(24-25-9-13-29(37)14-10-25)33(26-7-4-3-5-8-26)46-34(39-36)27-11-15-30(16-12-27)45-22-6-21-41/h3-5,7-18,23,33,38,41H,6,19-22,24H2,1-2H3,(H,40,42)/t33-,36-/m0/s1. The number of methoxy groups -OCH3 is 2. The third-order valence-corrected chi connectivity index (χ3v) is 8.26. The van der Waals surface area contributed by atoms with E-state index in [9.17, 15) is 4.79 Å². The van der Waals surface area contributed by atoms with Crippen LogP contribution in [0.25, 0.3) is 0 Å². The summed E-state index contributed by atoms with van der Waals surface area (Å²) < 4.78 is 24.1. The van der Waals surface area contributed by atoms with Crippen molar-refractivity contribution in [2.24, 2.45) is 4.99 Å². The quantitative estimate of drug-likeness (QED) is 0.110. The lowest BCUT2D eigenvalue weighted by Crippen LogP contribution is -2.54. The lowest BCUT2D eigenvalue weighted by Gasteiger charge is -2.31. The summed E-state index contributed by atoms with van der Waals surface area (Å²) in [7, 11) is 3.25. The van der Waals surface area contributed by atoms with E-state index in [1.165, 1.54) is 0 Å². The summed E-state index contributed by atoms with van der Waals surface area (Å²) in [5.41, 5.74) is 8.16. The molecule has 9 nitrogen and oxygen atoms in total. The molecule has 0 fully saturated rings. The molecule has 0 saturated heterocycles. The van der Waals surface area contributed by atoms with E-state index in [2.05, 4.69) is 26.8 Å². The van der Waals surface area contributed by atoms with Crippen molar-refractivity contribution in [2.75, 3.05) is 34.0 Å². The van der Waals surface area contributed by atoms with Crippen LogP contribution in [0.4, 0.5) is 0 Å². The summed E-state index contributed by atoms with van der Waals surface area (Å²) in [6, 6.07) is 30.6. The lowest BCUT2D eigenvalue weighted by molar-refractivity contribution is -0.130. The van der Waals surface area contributed by atoms with E-state index in [0.717, 1.165) is 38.2 Å². The highest BCUT2D eigenvalue weighted by Crippen LogP contribution is 2.42. The Morgan fingerprint density at radius 2 is 1.70 bits per heavy atom. The first-order valence-corrected chi connectivity index (χ1v) is 15.9. The third kappa shape index (κ3) is 7.88. The zero-order valence-corrected chi connectivity index (χ0v) is 27.5. The Morgan fingerprint density at radius 3 is 2.39 bits per heavy atom. The van der Waals surface area contributed by atoms with Gasteiger partial charge in [-0.05, 0) is 77.7 Å². The molecule has 0 spiro atoms. The Morgan fingerprint density at radius 1 is 0.957 bits per heavy atom. The van der Waals surface area contributed by atoms with Crippen LogP contribution in [0.15, 0.2) is 107 Å². The molecule has 2 atom stereocenters. The molecule has 5 rings (SSSR count). The van der Waals surface area contributed by atoms with Crippen molar-refractivity contribution in [3.8, 4) is 17.2 Å². The number of carbonyl (C=O) groups excluding carboxylic acids is 1. The van der Waals surface area contributed by atoms with Gasteiger partial charge in [-0.2, -0.15) is 0 Å². The predicted octanol–water partition coefficient (Wildman–Crippen LogP) is 5.59. The molecule has 1 aliphatic rings. The number of benzene rings is 4. The fourth-order valence-electron chi connectivity index (χ4n) is 5.35. The van der Waals surface area contributed by atoms with Gasteiger partial charge in [0.2, 0.25) is 5.90 Å². The van der Waals surface area contributed by atoms with Crippen molar-refractivity contribution >= 4 is 27.7 Å². The second kappa shape index (κ2) is 15.8. The molecular weight excluding hydrogens is 650 g/mol. The highest BCUT2D eigenvalue weighted by Gasteiger charge is 2.53. The van der Waals surface area contributed by atoms with Crippen molar-refractivity contribution in [3.05, 3.63) is 124 Å². The van der Waals surface area contributed by atoms with Crippen LogP contribution >= 0.6 is 15.9 Å². The van der Waals surface area contributed by atoms with E-state index in [0.29, 0.717) is 44.1 Å². The average molecular weight is 689 g/mol. The highest BCUT2D eigenvalue weighted by molar-refractivity contribution is 9.10. The molecule has 3 N–H and O–H groups in total. The number of aliphatic hydroxyl groups is 1. The molecule has 1 heterocycles. The molecule has 0 aliphatic carbocycles. The van der Waals surface area contributed by atoms with Gasteiger partial charge >= 0.3 is 0 Å². The van der Waals surface area contributed by atoms with Crippen molar-refractivity contribution in [1.29, 1.82) is 0 Å². The summed E-state index contributed by atoms with van der Waals surface area (Å²) in [5, 5.41) is 9.06. The van der Waals surface area contributed by atoms with Crippen LogP contribution in [0.1, 0.15) is 34.8 Å². The molecule has 1 amide bonds. The minimum atomic E-state index is -1.33. The molecule has 0 aromatic heterocycles. The Bertz CT molecular complexity index is 1620. The van der Waals surface area contributed by atoms with Gasteiger partial charge in [0.15, 0.2) is 11.6 Å². The van der Waals surface area contributed by atoms with E-state index in [1.54, 1.807) is 14.2 Å². The largest absolute Gasteiger partial charge is 0.497 e. The number of nitrogens with zero attached hydrogens (tertiary/aromatic N) is 1. The molecule has 240 valence electrons. The Balaban J connectivity index is 1.44. The summed E-state index contributed by atoms with van der Waals surface area (Å²) in [4.78, 5) is 19.5. The monoisotopic (exact) mass is 687 g/mol. The smallest absolute Gasteiger partial charge is 0.266 e. The number of aliphatic hydroxyl groups excluding tert-OH is 1. The van der Waals surface area contributed by atoms with Crippen molar-refractivity contribution < 1.29 is 28.8 Å². The maximum Gasteiger partial charge on any atom is 0.266 e. The van der Waals surface area contributed by atoms with Gasteiger partial charge in [-0.3, -0.25) is 10.2 Å². The molecule has 10 heteroatoms. The number of ether oxygens (including phenoxy) is 4. The number of carbonyl (C=O) groups is 1. The Kier molecular flexibility index (Phi) is 11.3. The van der Waals surface area contributed by atoms with E-state index in [1.807, 2.05) is 97.1 Å². The predicted molar refractivity (Wildman–Crippen MR) is 180 cm³/mol. The first kappa shape index (κ1) is 33.0. The lowest BCUT2D eigenvalue weighted by atomic mass is 9.82. The van der Waals surface area contributed by atoms with Gasteiger partial charge in [-0.25, -0.2) is 10.4 Å². The summed E-state index contributed by atoms with van der Waals surface area (Å²) in [5.74, 6) is 2.19. The van der Waals surface area contributed by atoms with E-state index in [-0.39, 0.29) is 12.5 Å². The first-order valence-electron chi connectivity index (χ1n) is 15.1. The fraction of sp³-hybridized carbons (Fsp3) is 0.278. The van der Waals surface area contributed by atoms with Crippen LogP contribution < -0.4 is 25.1 Å². The topological polar surface area (TPSA) is 111 Å². The second-order valence-electron chi connectivity index (χ2n) is 10.8. The fourth-order valence-corrected chi connectivity index (χ4v) is 5.61. The van der Waals surface area contributed by atoms with E-state index in [4.69, 9.17) is 29.0 Å². The Hall–Kier alpha value is -4.38. The minimum Gasteiger partial charge on any atom is -0.497 e. The van der Waals surface area contributed by atoms with E-state index >= 15 is 0 Å². The van der Waals surface area contributed by atoms with Gasteiger partial charge in [0, 0.05) is 36.0 Å². The van der Waals surface area contributed by atoms with Crippen molar-refractivity contribution in [3.63, 3.8) is 0 Å². The number of nitrogens with one attached hydrogen (secondary N) is 2. The van der Waals surface area contributed by atoms with Gasteiger partial charge in [0.1, 0.15) is 17.2 Å². The number of rotatable bonds is 15. The van der Waals surface area contributed by atoms with Crippen molar-refractivity contribution in [1.82, 2.24) is 10.9 Å². The summed E-state index contributed by atoms with van der Waals surface area (Å²) in [6.07, 6.45) is 0.724. The number of halogens is 1. The molecule has 46 heavy (non-hydrogen) atoms. The van der Waals surface area contributed by atoms with Crippen molar-refractivity contribution in [2.45, 2.75) is 30.9 Å². The molecule has 1 aliphatic heterocycles. The second-order valence-corrected chi connectivity index (χ2v) is 11.7. The van der Waals surface area contributed by atoms with E-state index < -0.39 is 11.6 Å². The molecule has 0 saturated carbocycles. The molecule has 0 radical (unpaired) electrons. The maximum atomic E-state index is 14.4. The normalized spacial score (nSPS) is 17.1. The number of amides is 1. The molecule has 4 aromatic rings. The number of hydrogen-bond acceptors (Lipinski definition) is 8. The summed E-state index contributed by atoms with van der Waals surface area (Å²) in [6.45, 7) is 0.919. The molecule has 0 unspecified atom stereocenters. The van der Waals surface area contributed by atoms with Crippen LogP contribution in [-0.2, 0) is 22.4 Å². The highest BCUT2D eigenvalue weighted by atomic mass is 79.9. The van der Waals surface area contributed by atoms with Crippen LogP contribution in [0, 0.1) is 0 Å². The van der Waals surface area contributed by atoms with Gasteiger partial charge in [0.25, 0.3) is 5.91 Å². The van der Waals surface area contributed by atoms with Crippen LogP contribution in [0.5, 0.6) is 17.2 Å². The third-order valence-electron chi connectivity index (χ3n) is 7.73. The van der Waals surface area contributed by atoms with Crippen LogP contribution in [-0.4, -0.2) is 56.4 Å². The summed E-state index contributed by atoms with van der Waals surface area (Å²) >= 11 is 3.51. The van der Waals surface area contributed by atoms with Gasteiger partial charge < -0.3 is 24.1 Å².